The van der Waals surface area contributed by atoms with Gasteiger partial charge < -0.3 is 25.6 Å². The second-order valence-electron chi connectivity index (χ2n) is 10.5. The van der Waals surface area contributed by atoms with Gasteiger partial charge in [0.1, 0.15) is 18.8 Å². The lowest BCUT2D eigenvalue weighted by Gasteiger charge is -2.16. The van der Waals surface area contributed by atoms with Crippen molar-refractivity contribution in [3.05, 3.63) is 0 Å². The van der Waals surface area contributed by atoms with E-state index in [1.54, 1.807) is 0 Å². The minimum Gasteiger partial charge on any atom is -0.480 e. The summed E-state index contributed by atoms with van der Waals surface area (Å²) in [6, 6.07) is -1.48. The molecule has 0 aliphatic heterocycles. The first-order chi connectivity index (χ1) is 18.7. The number of hydrogen-bond donors (Lipinski definition) is 4. The van der Waals surface area contributed by atoms with Crippen LogP contribution in [0.25, 0.3) is 0 Å². The third-order valence-electron chi connectivity index (χ3n) is 6.59. The monoisotopic (exact) mass is 581 g/mol. The Morgan fingerprint density at radius 1 is 0.692 bits per heavy atom. The van der Waals surface area contributed by atoms with Crippen molar-refractivity contribution in [2.24, 2.45) is 5.73 Å². The molecule has 3 atom stereocenters. The smallest absolute Gasteiger partial charge is 0.472 e. The van der Waals surface area contributed by atoms with Gasteiger partial charge in [-0.3, -0.25) is 18.6 Å². The van der Waals surface area contributed by atoms with Gasteiger partial charge in [-0.1, -0.05) is 122 Å². The highest BCUT2D eigenvalue weighted by atomic mass is 31.2. The Balaban J connectivity index is 3.46. The molecule has 0 aliphatic carbocycles. The Kier molecular flexibility index (Phi) is 25.2. The van der Waals surface area contributed by atoms with E-state index in [0.29, 0.717) is 6.42 Å². The highest BCUT2D eigenvalue weighted by molar-refractivity contribution is 7.47. The molecule has 0 radical (unpaired) electrons. The van der Waals surface area contributed by atoms with Crippen LogP contribution in [0.5, 0.6) is 0 Å². The zero-order valence-electron chi connectivity index (χ0n) is 24.2. The number of unbranched alkanes of at least 4 members (excludes halogenated alkanes) is 18. The number of hydrogen-bond acceptors (Lipinski definition) is 8. The lowest BCUT2D eigenvalue weighted by atomic mass is 10.0. The molecule has 0 aliphatic rings. The summed E-state index contributed by atoms with van der Waals surface area (Å²) in [7, 11) is -4.58. The second-order valence-corrected chi connectivity index (χ2v) is 11.9. The summed E-state index contributed by atoms with van der Waals surface area (Å²) in [5, 5.41) is 18.4. The van der Waals surface area contributed by atoms with Crippen LogP contribution in [0.1, 0.15) is 135 Å². The molecule has 0 aromatic carbocycles. The number of carbonyl (C=O) groups excluding carboxylic acids is 1. The Labute approximate surface area is 236 Å². The molecule has 11 heteroatoms. The summed E-state index contributed by atoms with van der Waals surface area (Å²) in [5.74, 6) is -1.84. The molecule has 0 rings (SSSR count). The number of phosphoric acid groups is 1. The van der Waals surface area contributed by atoms with Crippen molar-refractivity contribution in [1.29, 1.82) is 0 Å². The fourth-order valence-electron chi connectivity index (χ4n) is 4.12. The average molecular weight is 582 g/mol. The van der Waals surface area contributed by atoms with Crippen LogP contribution in [0, 0.1) is 0 Å². The Bertz CT molecular complexity index is 651. The van der Waals surface area contributed by atoms with Crippen LogP contribution in [-0.2, 0) is 27.9 Å². The predicted octanol–water partition coefficient (Wildman–Crippen LogP) is 6.26. The quantitative estimate of drug-likeness (QED) is 0.0450. The predicted molar refractivity (Wildman–Crippen MR) is 152 cm³/mol. The van der Waals surface area contributed by atoms with Gasteiger partial charge in [0.25, 0.3) is 0 Å². The molecule has 10 nitrogen and oxygen atoms in total. The molecule has 0 bridgehead atoms. The van der Waals surface area contributed by atoms with E-state index in [0.717, 1.165) is 12.8 Å². The standard InChI is InChI=1S/C28H56NO9P/c1-2-3-4-5-6-7-8-9-10-11-12-13-14-15-16-17-18-19-20-21-27(31)36-22-25(30)23-37-39(34,35)38-24-26(29)28(32)33/h25-26,30H,2-24,29H2,1H3,(H,32,33)(H,34,35)/t25-,26+/m1/s1. The summed E-state index contributed by atoms with van der Waals surface area (Å²) >= 11 is 0. The van der Waals surface area contributed by atoms with E-state index in [2.05, 4.69) is 16.0 Å². The molecular weight excluding hydrogens is 525 g/mol. The molecule has 0 saturated carbocycles. The van der Waals surface area contributed by atoms with E-state index in [-0.39, 0.29) is 13.0 Å². The van der Waals surface area contributed by atoms with Gasteiger partial charge in [-0.25, -0.2) is 4.57 Å². The van der Waals surface area contributed by atoms with Crippen molar-refractivity contribution < 1.29 is 43.0 Å². The molecule has 5 N–H and O–H groups in total. The summed E-state index contributed by atoms with van der Waals surface area (Å²) in [6.45, 7) is 0.529. The number of esters is 1. The molecule has 0 aromatic rings. The SMILES string of the molecule is CCCCCCCCCCCCCCCCCCCCCC(=O)OC[C@@H](O)COP(=O)(O)OC[C@H](N)C(=O)O. The topological polar surface area (TPSA) is 166 Å². The molecule has 0 heterocycles. The van der Waals surface area contributed by atoms with E-state index in [1.165, 1.54) is 103 Å². The number of carbonyl (C=O) groups is 2. The molecule has 0 spiro atoms. The lowest BCUT2D eigenvalue weighted by Crippen LogP contribution is -2.34. The van der Waals surface area contributed by atoms with Gasteiger partial charge in [0, 0.05) is 6.42 Å². The van der Waals surface area contributed by atoms with Crippen molar-refractivity contribution in [3.8, 4) is 0 Å². The third kappa shape index (κ3) is 26.9. The highest BCUT2D eigenvalue weighted by Gasteiger charge is 2.26. The van der Waals surface area contributed by atoms with Crippen molar-refractivity contribution in [2.45, 2.75) is 147 Å². The zero-order valence-corrected chi connectivity index (χ0v) is 25.1. The van der Waals surface area contributed by atoms with Gasteiger partial charge in [0.2, 0.25) is 0 Å². The summed E-state index contributed by atoms with van der Waals surface area (Å²) in [4.78, 5) is 31.8. The average Bonchev–Trinajstić information content (AvgIpc) is 2.90. The van der Waals surface area contributed by atoms with Crippen molar-refractivity contribution in [1.82, 2.24) is 0 Å². The molecule has 232 valence electrons. The Morgan fingerprint density at radius 2 is 1.08 bits per heavy atom. The van der Waals surface area contributed by atoms with Crippen LogP contribution >= 0.6 is 7.82 Å². The normalized spacial score (nSPS) is 14.6. The zero-order chi connectivity index (χ0) is 29.2. The maximum absolute atomic E-state index is 11.8. The van der Waals surface area contributed by atoms with E-state index >= 15 is 0 Å². The second kappa shape index (κ2) is 25.9. The first kappa shape index (κ1) is 38.0. The van der Waals surface area contributed by atoms with Crippen molar-refractivity contribution in [3.63, 3.8) is 0 Å². The highest BCUT2D eigenvalue weighted by Crippen LogP contribution is 2.43. The van der Waals surface area contributed by atoms with E-state index in [1.807, 2.05) is 0 Å². The van der Waals surface area contributed by atoms with Crippen LogP contribution in [0.4, 0.5) is 0 Å². The summed E-state index contributed by atoms with van der Waals surface area (Å²) < 4.78 is 25.6. The van der Waals surface area contributed by atoms with Crippen molar-refractivity contribution in [2.75, 3.05) is 19.8 Å². The minimum atomic E-state index is -4.58. The first-order valence-corrected chi connectivity index (χ1v) is 16.6. The van der Waals surface area contributed by atoms with Crippen LogP contribution < -0.4 is 5.73 Å². The number of aliphatic carboxylic acids is 1. The van der Waals surface area contributed by atoms with E-state index in [9.17, 15) is 24.2 Å². The van der Waals surface area contributed by atoms with Crippen molar-refractivity contribution >= 4 is 19.8 Å². The number of carboxylic acid groups (broad SMARTS) is 1. The van der Waals surface area contributed by atoms with E-state index in [4.69, 9.17) is 15.6 Å². The third-order valence-corrected chi connectivity index (χ3v) is 7.54. The van der Waals surface area contributed by atoms with Gasteiger partial charge in [0.05, 0.1) is 13.2 Å². The number of rotatable bonds is 29. The molecule has 0 amide bonds. The number of aliphatic hydroxyl groups is 1. The number of nitrogens with two attached hydrogens (primary N) is 1. The van der Waals surface area contributed by atoms with Gasteiger partial charge in [-0.05, 0) is 6.42 Å². The molecule has 0 saturated heterocycles. The van der Waals surface area contributed by atoms with Gasteiger partial charge in [-0.2, -0.15) is 0 Å². The molecule has 39 heavy (non-hydrogen) atoms. The summed E-state index contributed by atoms with van der Waals surface area (Å²) in [5.41, 5.74) is 5.17. The number of carboxylic acids is 1. The Hall–Kier alpha value is -1.03. The van der Waals surface area contributed by atoms with Gasteiger partial charge in [-0.15, -0.1) is 0 Å². The molecule has 1 unspecified atom stereocenters. The van der Waals surface area contributed by atoms with Crippen LogP contribution in [0.15, 0.2) is 0 Å². The molecule has 0 aromatic heterocycles. The van der Waals surface area contributed by atoms with Gasteiger partial charge in [0.15, 0.2) is 0 Å². The number of phosphoric ester groups is 1. The largest absolute Gasteiger partial charge is 0.480 e. The maximum Gasteiger partial charge on any atom is 0.472 e. The maximum atomic E-state index is 11.8. The summed E-state index contributed by atoms with van der Waals surface area (Å²) in [6.07, 6.45) is 23.3. The minimum absolute atomic E-state index is 0.251. The fraction of sp³-hybridized carbons (Fsp3) is 0.929. The fourth-order valence-corrected chi connectivity index (χ4v) is 4.90. The lowest BCUT2D eigenvalue weighted by molar-refractivity contribution is -0.147. The van der Waals surface area contributed by atoms with Crippen LogP contribution in [0.3, 0.4) is 0 Å². The molecule has 0 fully saturated rings. The van der Waals surface area contributed by atoms with E-state index < -0.39 is 45.1 Å². The first-order valence-electron chi connectivity index (χ1n) is 15.1. The molecular formula is C28H56NO9P. The van der Waals surface area contributed by atoms with Crippen LogP contribution in [-0.4, -0.2) is 59.0 Å². The number of aliphatic hydroxyl groups excluding tert-OH is 1. The van der Waals surface area contributed by atoms with Crippen LogP contribution in [0.2, 0.25) is 0 Å². The van der Waals surface area contributed by atoms with Gasteiger partial charge >= 0.3 is 19.8 Å². The number of ether oxygens (including phenoxy) is 1. The Morgan fingerprint density at radius 3 is 1.49 bits per heavy atom.